The first kappa shape index (κ1) is 26.4. The van der Waals surface area contributed by atoms with Crippen molar-refractivity contribution in [1.82, 2.24) is 5.06 Å². The molecule has 0 saturated carbocycles. The number of epoxide rings is 1. The molecule has 2 aliphatic rings. The van der Waals surface area contributed by atoms with Gasteiger partial charge in [-0.2, -0.15) is 5.06 Å². The second-order valence-electron chi connectivity index (χ2n) is 10.0. The summed E-state index contributed by atoms with van der Waals surface area (Å²) in [5.74, 6) is 0.372. The minimum absolute atomic E-state index is 0.0959. The van der Waals surface area contributed by atoms with E-state index in [1.807, 2.05) is 12.1 Å². The summed E-state index contributed by atoms with van der Waals surface area (Å²) in [7, 11) is 0. The Balaban J connectivity index is 1.83. The number of rotatable bonds is 12. The van der Waals surface area contributed by atoms with Crippen LogP contribution in [0.4, 0.5) is 0 Å². The number of piperidine rings is 1. The predicted octanol–water partition coefficient (Wildman–Crippen LogP) is 5.91. The molecule has 6 heteroatoms. The normalized spacial score (nSPS) is 32.5. The Labute approximate surface area is 200 Å². The second-order valence-corrected chi connectivity index (χ2v) is 10.0. The summed E-state index contributed by atoms with van der Waals surface area (Å²) in [6, 6.07) is 8.23. The van der Waals surface area contributed by atoms with Crippen LogP contribution in [0.25, 0.3) is 0 Å². The third-order valence-corrected chi connectivity index (χ3v) is 7.88. The maximum absolute atomic E-state index is 6.82. The molecule has 33 heavy (non-hydrogen) atoms. The Bertz CT molecular complexity index is 745. The van der Waals surface area contributed by atoms with Gasteiger partial charge in [0.25, 0.3) is 0 Å². The molecule has 1 aromatic rings. The van der Waals surface area contributed by atoms with E-state index in [-0.39, 0.29) is 29.2 Å². The van der Waals surface area contributed by atoms with Gasteiger partial charge in [-0.25, -0.2) is 0 Å². The van der Waals surface area contributed by atoms with Crippen molar-refractivity contribution in [2.75, 3.05) is 26.4 Å². The van der Waals surface area contributed by atoms with Crippen LogP contribution in [0.15, 0.2) is 24.3 Å². The van der Waals surface area contributed by atoms with Gasteiger partial charge in [-0.1, -0.05) is 32.9 Å². The highest BCUT2D eigenvalue weighted by Gasteiger charge is 2.62. The first-order valence-corrected chi connectivity index (χ1v) is 12.8. The van der Waals surface area contributed by atoms with Crippen LogP contribution in [0, 0.1) is 5.92 Å². The largest absolute Gasteiger partial charge is 0.491 e. The van der Waals surface area contributed by atoms with Crippen molar-refractivity contribution in [3.63, 3.8) is 0 Å². The van der Waals surface area contributed by atoms with Gasteiger partial charge in [-0.05, 0) is 65.2 Å². The monoisotopic (exact) mass is 463 g/mol. The average Bonchev–Trinajstić information content (AvgIpc) is 3.64. The van der Waals surface area contributed by atoms with Crippen LogP contribution >= 0.6 is 0 Å². The lowest BCUT2D eigenvalue weighted by Crippen LogP contribution is -2.72. The van der Waals surface area contributed by atoms with Gasteiger partial charge >= 0.3 is 0 Å². The molecule has 2 aliphatic heterocycles. The fourth-order valence-corrected chi connectivity index (χ4v) is 5.28. The van der Waals surface area contributed by atoms with Gasteiger partial charge in [0.2, 0.25) is 0 Å². The molecule has 0 spiro atoms. The fraction of sp³-hybridized carbons (Fsp3) is 0.778. The molecular formula is C27H45NO5. The van der Waals surface area contributed by atoms with Gasteiger partial charge in [0.15, 0.2) is 5.79 Å². The van der Waals surface area contributed by atoms with Gasteiger partial charge in [-0.15, -0.1) is 0 Å². The highest BCUT2D eigenvalue weighted by molar-refractivity contribution is 5.28. The van der Waals surface area contributed by atoms with Crippen LogP contribution in [0.1, 0.15) is 86.3 Å². The smallest absolute Gasteiger partial charge is 0.174 e. The summed E-state index contributed by atoms with van der Waals surface area (Å²) in [6.07, 6.45) is 2.78. The molecule has 2 heterocycles. The lowest BCUT2D eigenvalue weighted by molar-refractivity contribution is -0.395. The van der Waals surface area contributed by atoms with E-state index in [1.165, 1.54) is 0 Å². The Hall–Kier alpha value is -1.18. The zero-order chi connectivity index (χ0) is 24.3. The van der Waals surface area contributed by atoms with Crippen molar-refractivity contribution in [1.29, 1.82) is 0 Å². The van der Waals surface area contributed by atoms with E-state index in [2.05, 4.69) is 72.6 Å². The topological polar surface area (TPSA) is 52.7 Å². The molecule has 0 amide bonds. The second kappa shape index (κ2) is 10.6. The zero-order valence-corrected chi connectivity index (χ0v) is 22.0. The highest BCUT2D eigenvalue weighted by Crippen LogP contribution is 2.53. The number of nitrogens with zero attached hydrogens (tertiary/aromatic N) is 1. The molecule has 2 saturated heterocycles. The predicted molar refractivity (Wildman–Crippen MR) is 130 cm³/mol. The molecule has 1 aromatic carbocycles. The van der Waals surface area contributed by atoms with Gasteiger partial charge in [0, 0.05) is 31.1 Å². The Morgan fingerprint density at radius 2 is 1.64 bits per heavy atom. The van der Waals surface area contributed by atoms with E-state index in [9.17, 15) is 0 Å². The van der Waals surface area contributed by atoms with Crippen molar-refractivity contribution in [3.05, 3.63) is 29.8 Å². The standard InChI is InChI=1S/C27H45NO5/c1-9-25(7)19-27(31-11-3,32-12-4)21(6)26(8,10-2)28(25)33-20(5)22-13-15-23(16-14-22)29-17-24-18-30-24/h13-16,20-21,24H,9-12,17-19H2,1-8H3. The molecule has 188 valence electrons. The first-order chi connectivity index (χ1) is 15.7. The molecule has 5 atom stereocenters. The molecule has 6 nitrogen and oxygen atoms in total. The molecule has 0 aromatic heterocycles. The minimum Gasteiger partial charge on any atom is -0.491 e. The van der Waals surface area contributed by atoms with Gasteiger partial charge < -0.3 is 18.9 Å². The average molecular weight is 464 g/mol. The van der Waals surface area contributed by atoms with Crippen LogP contribution in [0.5, 0.6) is 5.75 Å². The lowest BCUT2D eigenvalue weighted by Gasteiger charge is -2.63. The number of hydroxylamine groups is 2. The summed E-state index contributed by atoms with van der Waals surface area (Å²) >= 11 is 0. The van der Waals surface area contributed by atoms with Crippen LogP contribution in [-0.2, 0) is 19.0 Å². The van der Waals surface area contributed by atoms with E-state index in [0.29, 0.717) is 19.8 Å². The summed E-state index contributed by atoms with van der Waals surface area (Å²) in [5.41, 5.74) is 0.638. The van der Waals surface area contributed by atoms with Gasteiger partial charge in [0.05, 0.1) is 12.1 Å². The van der Waals surface area contributed by atoms with E-state index >= 15 is 0 Å². The fourth-order valence-electron chi connectivity index (χ4n) is 5.28. The molecule has 0 bridgehead atoms. The van der Waals surface area contributed by atoms with Crippen LogP contribution < -0.4 is 4.74 Å². The van der Waals surface area contributed by atoms with Gasteiger partial charge in [-0.3, -0.25) is 4.84 Å². The van der Waals surface area contributed by atoms with Crippen molar-refractivity contribution in [2.45, 2.75) is 104 Å². The zero-order valence-electron chi connectivity index (χ0n) is 22.0. The van der Waals surface area contributed by atoms with Crippen LogP contribution in [0.3, 0.4) is 0 Å². The molecular weight excluding hydrogens is 418 g/mol. The summed E-state index contributed by atoms with van der Waals surface area (Å²) < 4.78 is 23.8. The number of hydrogen-bond acceptors (Lipinski definition) is 6. The Kier molecular flexibility index (Phi) is 8.50. The molecule has 0 N–H and O–H groups in total. The summed E-state index contributed by atoms with van der Waals surface area (Å²) in [5, 5.41) is 2.28. The van der Waals surface area contributed by atoms with Crippen molar-refractivity contribution < 1.29 is 23.8 Å². The summed E-state index contributed by atoms with van der Waals surface area (Å²) in [6.45, 7) is 20.2. The van der Waals surface area contributed by atoms with Gasteiger partial charge in [0.1, 0.15) is 24.6 Å². The van der Waals surface area contributed by atoms with Crippen LogP contribution in [0.2, 0.25) is 0 Å². The van der Waals surface area contributed by atoms with Crippen molar-refractivity contribution >= 4 is 0 Å². The third kappa shape index (κ3) is 5.40. The van der Waals surface area contributed by atoms with E-state index < -0.39 is 5.79 Å². The molecule has 2 fully saturated rings. The SMILES string of the molecule is CCOC1(OCC)CC(C)(CC)N(OC(C)c2ccc(OCC3CO3)cc2)C(C)(CC)C1C. The van der Waals surface area contributed by atoms with Crippen molar-refractivity contribution in [3.8, 4) is 5.75 Å². The molecule has 3 rings (SSSR count). The van der Waals surface area contributed by atoms with Crippen LogP contribution in [-0.4, -0.2) is 54.5 Å². The number of benzene rings is 1. The summed E-state index contributed by atoms with van der Waals surface area (Å²) in [4.78, 5) is 6.82. The van der Waals surface area contributed by atoms with Crippen molar-refractivity contribution in [2.24, 2.45) is 5.92 Å². The Morgan fingerprint density at radius 3 is 2.12 bits per heavy atom. The quantitative estimate of drug-likeness (QED) is 0.284. The third-order valence-electron chi connectivity index (χ3n) is 7.88. The highest BCUT2D eigenvalue weighted by atomic mass is 16.7. The molecule has 0 radical (unpaired) electrons. The molecule has 5 unspecified atom stereocenters. The molecule has 0 aliphatic carbocycles. The maximum atomic E-state index is 6.82. The Morgan fingerprint density at radius 1 is 1.03 bits per heavy atom. The number of hydrogen-bond donors (Lipinski definition) is 0. The number of ether oxygens (including phenoxy) is 4. The van der Waals surface area contributed by atoms with E-state index in [0.717, 1.165) is 37.2 Å². The minimum atomic E-state index is -0.619. The maximum Gasteiger partial charge on any atom is 0.174 e. The van der Waals surface area contributed by atoms with E-state index in [4.69, 9.17) is 23.8 Å². The van der Waals surface area contributed by atoms with E-state index in [1.54, 1.807) is 0 Å². The first-order valence-electron chi connectivity index (χ1n) is 12.8. The lowest BCUT2D eigenvalue weighted by atomic mass is 9.67.